The summed E-state index contributed by atoms with van der Waals surface area (Å²) >= 11 is 0. The topological polar surface area (TPSA) is 32.8 Å². The van der Waals surface area contributed by atoms with Gasteiger partial charge in [-0.05, 0) is 38.6 Å². The van der Waals surface area contributed by atoms with Gasteiger partial charge in [-0.15, -0.1) is 0 Å². The molecular formula is C16H24N2O2. The van der Waals surface area contributed by atoms with Crippen LogP contribution in [0.25, 0.3) is 0 Å². The quantitative estimate of drug-likeness (QED) is 0.844. The lowest BCUT2D eigenvalue weighted by atomic mass is 10.1. The maximum absolute atomic E-state index is 12.4. The van der Waals surface area contributed by atoms with Crippen LogP contribution in [0.4, 0.5) is 0 Å². The van der Waals surface area contributed by atoms with Crippen molar-refractivity contribution in [1.29, 1.82) is 0 Å². The zero-order valence-corrected chi connectivity index (χ0v) is 12.8. The predicted octanol–water partition coefficient (Wildman–Crippen LogP) is 1.79. The fraction of sp³-hybridized carbons (Fsp3) is 0.562. The van der Waals surface area contributed by atoms with Crippen molar-refractivity contribution in [3.05, 3.63) is 29.8 Å². The Bertz CT molecular complexity index is 446. The van der Waals surface area contributed by atoms with E-state index in [0.717, 1.165) is 24.4 Å². The van der Waals surface area contributed by atoms with Crippen molar-refractivity contribution in [3.8, 4) is 5.75 Å². The molecule has 4 nitrogen and oxygen atoms in total. The van der Waals surface area contributed by atoms with E-state index in [1.807, 2.05) is 29.2 Å². The molecule has 1 heterocycles. The normalized spacial score (nSPS) is 23.7. The van der Waals surface area contributed by atoms with Crippen LogP contribution in [0.2, 0.25) is 0 Å². The molecule has 0 saturated carbocycles. The summed E-state index contributed by atoms with van der Waals surface area (Å²) in [6, 6.07) is 8.55. The van der Waals surface area contributed by atoms with Crippen LogP contribution < -0.4 is 4.74 Å². The van der Waals surface area contributed by atoms with Crippen LogP contribution >= 0.6 is 0 Å². The maximum atomic E-state index is 12.4. The van der Waals surface area contributed by atoms with Crippen molar-refractivity contribution in [2.75, 3.05) is 27.2 Å². The van der Waals surface area contributed by atoms with Crippen LogP contribution in [0, 0.1) is 0 Å². The van der Waals surface area contributed by atoms with Crippen LogP contribution in [0.5, 0.6) is 5.75 Å². The average molecular weight is 276 g/mol. The van der Waals surface area contributed by atoms with Gasteiger partial charge in [0.25, 0.3) is 0 Å². The van der Waals surface area contributed by atoms with Gasteiger partial charge in [-0.1, -0.05) is 12.1 Å². The molecule has 0 spiro atoms. The number of carbonyl (C=O) groups is 1. The van der Waals surface area contributed by atoms with Crippen molar-refractivity contribution >= 4 is 5.91 Å². The number of nitrogens with zero attached hydrogens (tertiary/aromatic N) is 2. The van der Waals surface area contributed by atoms with Crippen molar-refractivity contribution in [1.82, 2.24) is 9.80 Å². The van der Waals surface area contributed by atoms with Gasteiger partial charge < -0.3 is 9.64 Å². The van der Waals surface area contributed by atoms with Crippen LogP contribution in [-0.4, -0.2) is 55.0 Å². The van der Waals surface area contributed by atoms with E-state index >= 15 is 0 Å². The molecule has 0 aliphatic carbocycles. The Hall–Kier alpha value is -1.55. The van der Waals surface area contributed by atoms with Gasteiger partial charge in [0.1, 0.15) is 5.75 Å². The molecule has 1 aliphatic heterocycles. The second-order valence-corrected chi connectivity index (χ2v) is 5.69. The van der Waals surface area contributed by atoms with E-state index in [0.29, 0.717) is 18.5 Å². The number of methoxy groups -OCH3 is 1. The molecular weight excluding hydrogens is 252 g/mol. The third-order valence-corrected chi connectivity index (χ3v) is 4.23. The van der Waals surface area contributed by atoms with E-state index in [2.05, 4.69) is 25.8 Å². The first kappa shape index (κ1) is 14.9. The largest absolute Gasteiger partial charge is 0.497 e. The zero-order chi connectivity index (χ0) is 14.7. The predicted molar refractivity (Wildman–Crippen MR) is 80.0 cm³/mol. The minimum atomic E-state index is 0.210. The lowest BCUT2D eigenvalue weighted by Gasteiger charge is -2.42. The Labute approximate surface area is 121 Å². The summed E-state index contributed by atoms with van der Waals surface area (Å²) in [5.41, 5.74) is 1.04. The minimum Gasteiger partial charge on any atom is -0.497 e. The second kappa shape index (κ2) is 6.27. The summed E-state index contributed by atoms with van der Waals surface area (Å²) < 4.78 is 5.13. The van der Waals surface area contributed by atoms with E-state index in [1.165, 1.54) is 0 Å². The van der Waals surface area contributed by atoms with Crippen LogP contribution in [0.3, 0.4) is 0 Å². The molecule has 0 aromatic heterocycles. The summed E-state index contributed by atoms with van der Waals surface area (Å²) in [5.74, 6) is 1.03. The standard InChI is InChI=1S/C16H24N2O2/c1-12-10-18(11-13(2)17(12)3)16(19)9-14-5-7-15(20-4)8-6-14/h5-8,12-13H,9-11H2,1-4H3. The maximum Gasteiger partial charge on any atom is 0.227 e. The number of piperazine rings is 1. The molecule has 0 bridgehead atoms. The van der Waals surface area contributed by atoms with Gasteiger partial charge >= 0.3 is 0 Å². The van der Waals surface area contributed by atoms with Gasteiger partial charge in [0.15, 0.2) is 0 Å². The molecule has 1 aliphatic rings. The van der Waals surface area contributed by atoms with Crippen LogP contribution in [-0.2, 0) is 11.2 Å². The molecule has 0 radical (unpaired) electrons. The van der Waals surface area contributed by atoms with Gasteiger partial charge in [0.2, 0.25) is 5.91 Å². The first-order chi connectivity index (χ1) is 9.51. The summed E-state index contributed by atoms with van der Waals surface area (Å²) in [7, 11) is 3.77. The van der Waals surface area contributed by atoms with Gasteiger partial charge in [-0.3, -0.25) is 9.69 Å². The Balaban J connectivity index is 1.97. The highest BCUT2D eigenvalue weighted by Gasteiger charge is 2.29. The van der Waals surface area contributed by atoms with Gasteiger partial charge in [0, 0.05) is 25.2 Å². The highest BCUT2D eigenvalue weighted by Crippen LogP contribution is 2.16. The Morgan fingerprint density at radius 1 is 1.20 bits per heavy atom. The van der Waals surface area contributed by atoms with Crippen molar-refractivity contribution < 1.29 is 9.53 Å². The van der Waals surface area contributed by atoms with E-state index in [-0.39, 0.29) is 5.91 Å². The molecule has 1 aromatic carbocycles. The van der Waals surface area contributed by atoms with Crippen LogP contribution in [0.1, 0.15) is 19.4 Å². The monoisotopic (exact) mass is 276 g/mol. The number of rotatable bonds is 3. The number of ether oxygens (including phenoxy) is 1. The number of amides is 1. The molecule has 1 saturated heterocycles. The SMILES string of the molecule is COc1ccc(CC(=O)N2CC(C)N(C)C(C)C2)cc1. The smallest absolute Gasteiger partial charge is 0.227 e. The van der Waals surface area contributed by atoms with E-state index < -0.39 is 0 Å². The Morgan fingerprint density at radius 2 is 1.75 bits per heavy atom. The highest BCUT2D eigenvalue weighted by molar-refractivity contribution is 5.79. The molecule has 1 aromatic rings. The highest BCUT2D eigenvalue weighted by atomic mass is 16.5. The lowest BCUT2D eigenvalue weighted by Crippen LogP contribution is -2.56. The average Bonchev–Trinajstić information content (AvgIpc) is 2.45. The van der Waals surface area contributed by atoms with Crippen LogP contribution in [0.15, 0.2) is 24.3 Å². The summed E-state index contributed by atoms with van der Waals surface area (Å²) in [6.45, 7) is 5.97. The van der Waals surface area contributed by atoms with E-state index in [9.17, 15) is 4.79 Å². The van der Waals surface area contributed by atoms with Gasteiger partial charge in [-0.25, -0.2) is 0 Å². The number of carbonyl (C=O) groups excluding carboxylic acids is 1. The molecule has 110 valence electrons. The molecule has 20 heavy (non-hydrogen) atoms. The van der Waals surface area contributed by atoms with E-state index in [1.54, 1.807) is 7.11 Å². The number of likely N-dealkylation sites (N-methyl/N-ethyl adjacent to an activating group) is 1. The lowest BCUT2D eigenvalue weighted by molar-refractivity contribution is -0.134. The number of hydrogen-bond acceptors (Lipinski definition) is 3. The first-order valence-electron chi connectivity index (χ1n) is 7.14. The summed E-state index contributed by atoms with van der Waals surface area (Å²) in [5, 5.41) is 0. The third-order valence-electron chi connectivity index (χ3n) is 4.23. The number of benzene rings is 1. The Kier molecular flexibility index (Phi) is 4.65. The fourth-order valence-electron chi connectivity index (χ4n) is 2.64. The van der Waals surface area contributed by atoms with Crippen molar-refractivity contribution in [3.63, 3.8) is 0 Å². The zero-order valence-electron chi connectivity index (χ0n) is 12.8. The van der Waals surface area contributed by atoms with Gasteiger partial charge in [0.05, 0.1) is 13.5 Å². The molecule has 2 unspecified atom stereocenters. The van der Waals surface area contributed by atoms with Crippen molar-refractivity contribution in [2.45, 2.75) is 32.4 Å². The second-order valence-electron chi connectivity index (χ2n) is 5.69. The van der Waals surface area contributed by atoms with Gasteiger partial charge in [-0.2, -0.15) is 0 Å². The fourth-order valence-corrected chi connectivity index (χ4v) is 2.64. The molecule has 2 rings (SSSR count). The molecule has 2 atom stereocenters. The summed E-state index contributed by atoms with van der Waals surface area (Å²) in [4.78, 5) is 16.7. The minimum absolute atomic E-state index is 0.210. The molecule has 0 N–H and O–H groups in total. The molecule has 1 amide bonds. The molecule has 1 fully saturated rings. The van der Waals surface area contributed by atoms with E-state index in [4.69, 9.17) is 4.74 Å². The summed E-state index contributed by atoms with van der Waals surface area (Å²) in [6.07, 6.45) is 0.465. The molecule has 4 heteroatoms. The van der Waals surface area contributed by atoms with Crippen molar-refractivity contribution in [2.24, 2.45) is 0 Å². The number of hydrogen-bond donors (Lipinski definition) is 0. The Morgan fingerprint density at radius 3 is 2.25 bits per heavy atom. The third kappa shape index (κ3) is 3.31. The first-order valence-corrected chi connectivity index (χ1v) is 7.14.